The SMILES string of the molecule is CN(C(=O)c1c[nH]c(=O)[nH]c1=O)C1CC2CCC(C1)N2. The summed E-state index contributed by atoms with van der Waals surface area (Å²) in [5.74, 6) is -0.339. The van der Waals surface area contributed by atoms with Gasteiger partial charge in [-0.15, -0.1) is 0 Å². The van der Waals surface area contributed by atoms with Crippen molar-refractivity contribution in [3.05, 3.63) is 32.6 Å². The number of carbonyl (C=O) groups is 1. The largest absolute Gasteiger partial charge is 0.338 e. The molecule has 0 aromatic carbocycles. The van der Waals surface area contributed by atoms with E-state index in [9.17, 15) is 14.4 Å². The minimum absolute atomic E-state index is 0.0158. The molecule has 7 heteroatoms. The van der Waals surface area contributed by atoms with Gasteiger partial charge in [-0.25, -0.2) is 4.79 Å². The molecule has 3 rings (SSSR count). The normalized spacial score (nSPS) is 28.4. The molecule has 0 spiro atoms. The quantitative estimate of drug-likeness (QED) is 0.674. The zero-order chi connectivity index (χ0) is 14.3. The van der Waals surface area contributed by atoms with Crippen molar-refractivity contribution >= 4 is 5.91 Å². The van der Waals surface area contributed by atoms with Crippen LogP contribution in [0, 0.1) is 0 Å². The number of fused-ring (bicyclic) bond motifs is 2. The first kappa shape index (κ1) is 13.1. The van der Waals surface area contributed by atoms with Crippen LogP contribution in [0.25, 0.3) is 0 Å². The second kappa shape index (κ2) is 4.90. The van der Waals surface area contributed by atoms with E-state index in [1.165, 1.54) is 6.20 Å². The van der Waals surface area contributed by atoms with Crippen LogP contribution in [0.3, 0.4) is 0 Å². The number of nitrogens with zero attached hydrogens (tertiary/aromatic N) is 1. The Hall–Kier alpha value is -1.89. The number of H-pyrrole nitrogens is 2. The molecular weight excluding hydrogens is 260 g/mol. The maximum atomic E-state index is 12.4. The molecule has 2 saturated heterocycles. The van der Waals surface area contributed by atoms with Crippen LogP contribution in [-0.2, 0) is 0 Å². The highest BCUT2D eigenvalue weighted by Crippen LogP contribution is 2.29. The lowest BCUT2D eigenvalue weighted by molar-refractivity contribution is 0.0679. The Morgan fingerprint density at radius 3 is 2.50 bits per heavy atom. The topological polar surface area (TPSA) is 98.1 Å². The van der Waals surface area contributed by atoms with E-state index in [0.29, 0.717) is 12.1 Å². The van der Waals surface area contributed by atoms with Gasteiger partial charge in [0.1, 0.15) is 5.56 Å². The average Bonchev–Trinajstić information content (AvgIpc) is 2.76. The van der Waals surface area contributed by atoms with Crippen molar-refractivity contribution in [1.29, 1.82) is 0 Å². The summed E-state index contributed by atoms with van der Waals surface area (Å²) in [6, 6.07) is 1.10. The summed E-state index contributed by atoms with van der Waals surface area (Å²) >= 11 is 0. The van der Waals surface area contributed by atoms with E-state index in [2.05, 4.69) is 15.3 Å². The van der Waals surface area contributed by atoms with Gasteiger partial charge in [-0.1, -0.05) is 0 Å². The van der Waals surface area contributed by atoms with E-state index < -0.39 is 11.2 Å². The first-order valence-corrected chi connectivity index (χ1v) is 6.90. The third-order valence-electron chi connectivity index (χ3n) is 4.37. The maximum absolute atomic E-state index is 12.4. The van der Waals surface area contributed by atoms with E-state index >= 15 is 0 Å². The van der Waals surface area contributed by atoms with Crippen molar-refractivity contribution in [2.45, 2.75) is 43.8 Å². The summed E-state index contributed by atoms with van der Waals surface area (Å²) in [6.45, 7) is 0. The first-order valence-electron chi connectivity index (χ1n) is 6.90. The van der Waals surface area contributed by atoms with E-state index in [-0.39, 0.29) is 17.5 Å². The van der Waals surface area contributed by atoms with E-state index in [0.717, 1.165) is 25.7 Å². The average molecular weight is 278 g/mol. The van der Waals surface area contributed by atoms with Crippen LogP contribution in [0.4, 0.5) is 0 Å². The lowest BCUT2D eigenvalue weighted by atomic mass is 9.98. The Kier molecular flexibility index (Phi) is 3.21. The van der Waals surface area contributed by atoms with E-state index in [4.69, 9.17) is 0 Å². The highest BCUT2D eigenvalue weighted by molar-refractivity contribution is 5.93. The van der Waals surface area contributed by atoms with Crippen molar-refractivity contribution in [3.8, 4) is 0 Å². The van der Waals surface area contributed by atoms with Gasteiger partial charge in [-0.2, -0.15) is 0 Å². The highest BCUT2D eigenvalue weighted by Gasteiger charge is 2.36. The van der Waals surface area contributed by atoms with Crippen LogP contribution in [0.15, 0.2) is 15.8 Å². The van der Waals surface area contributed by atoms with Crippen LogP contribution in [0.2, 0.25) is 0 Å². The lowest BCUT2D eigenvalue weighted by Gasteiger charge is -2.35. The van der Waals surface area contributed by atoms with Crippen LogP contribution < -0.4 is 16.6 Å². The standard InChI is InChI=1S/C13H18N4O3/c1-17(9-4-7-2-3-8(5-9)15-7)12(19)10-6-14-13(20)16-11(10)18/h6-9,15H,2-5H2,1H3,(H2,14,16,18,20). The van der Waals surface area contributed by atoms with E-state index in [1.807, 2.05) is 0 Å². The fraction of sp³-hybridized carbons (Fsp3) is 0.615. The Balaban J connectivity index is 1.79. The Labute approximate surface area is 115 Å². The third-order valence-corrected chi connectivity index (χ3v) is 4.37. The molecule has 0 saturated carbocycles. The number of aromatic amines is 2. The second-order valence-corrected chi connectivity index (χ2v) is 5.66. The zero-order valence-corrected chi connectivity index (χ0v) is 11.3. The fourth-order valence-electron chi connectivity index (χ4n) is 3.27. The third kappa shape index (κ3) is 2.29. The highest BCUT2D eigenvalue weighted by atomic mass is 16.2. The molecule has 3 N–H and O–H groups in total. The van der Waals surface area contributed by atoms with Crippen LogP contribution >= 0.6 is 0 Å². The summed E-state index contributed by atoms with van der Waals surface area (Å²) in [5, 5.41) is 3.52. The molecule has 20 heavy (non-hydrogen) atoms. The molecule has 0 radical (unpaired) electrons. The fourth-order valence-corrected chi connectivity index (χ4v) is 3.27. The number of rotatable bonds is 2. The van der Waals surface area contributed by atoms with Gasteiger partial charge in [0.25, 0.3) is 11.5 Å². The van der Waals surface area contributed by atoms with Gasteiger partial charge in [0.2, 0.25) is 0 Å². The molecule has 1 amide bonds. The minimum atomic E-state index is -0.637. The molecule has 2 atom stereocenters. The summed E-state index contributed by atoms with van der Waals surface area (Å²) in [7, 11) is 1.72. The van der Waals surface area contributed by atoms with Crippen molar-refractivity contribution in [1.82, 2.24) is 20.2 Å². The molecule has 0 aliphatic carbocycles. The van der Waals surface area contributed by atoms with Crippen molar-refractivity contribution < 1.29 is 4.79 Å². The van der Waals surface area contributed by atoms with Gasteiger partial charge in [0, 0.05) is 31.4 Å². The molecule has 2 aliphatic heterocycles. The zero-order valence-electron chi connectivity index (χ0n) is 11.3. The number of nitrogens with one attached hydrogen (secondary N) is 3. The van der Waals surface area contributed by atoms with Gasteiger partial charge in [0.15, 0.2) is 0 Å². The number of carbonyl (C=O) groups excluding carboxylic acids is 1. The van der Waals surface area contributed by atoms with Crippen molar-refractivity contribution in [2.24, 2.45) is 0 Å². The first-order chi connectivity index (χ1) is 9.54. The monoisotopic (exact) mass is 278 g/mol. The van der Waals surface area contributed by atoms with Gasteiger partial charge in [0.05, 0.1) is 0 Å². The smallest absolute Gasteiger partial charge is 0.325 e. The van der Waals surface area contributed by atoms with Gasteiger partial charge in [-0.05, 0) is 25.7 Å². The molecule has 3 heterocycles. The molecule has 2 aliphatic rings. The maximum Gasteiger partial charge on any atom is 0.325 e. The number of hydrogen-bond acceptors (Lipinski definition) is 4. The molecule has 108 valence electrons. The number of piperidine rings is 1. The summed E-state index contributed by atoms with van der Waals surface area (Å²) in [5.41, 5.74) is -1.26. The number of amides is 1. The van der Waals surface area contributed by atoms with Crippen molar-refractivity contribution in [3.63, 3.8) is 0 Å². The Bertz CT molecular complexity index is 623. The lowest BCUT2D eigenvalue weighted by Crippen LogP contribution is -2.49. The molecular formula is C13H18N4O3. The van der Waals surface area contributed by atoms with Gasteiger partial charge < -0.3 is 15.2 Å². The van der Waals surface area contributed by atoms with E-state index in [1.54, 1.807) is 11.9 Å². The summed E-state index contributed by atoms with van der Waals surface area (Å²) in [6.07, 6.45) is 5.33. The summed E-state index contributed by atoms with van der Waals surface area (Å²) in [4.78, 5) is 41.1. The minimum Gasteiger partial charge on any atom is -0.338 e. The van der Waals surface area contributed by atoms with Gasteiger partial charge in [-0.3, -0.25) is 14.6 Å². The second-order valence-electron chi connectivity index (χ2n) is 5.66. The number of aromatic nitrogens is 2. The molecule has 2 bridgehead atoms. The molecule has 1 aromatic heterocycles. The Morgan fingerprint density at radius 2 is 1.90 bits per heavy atom. The Morgan fingerprint density at radius 1 is 1.25 bits per heavy atom. The van der Waals surface area contributed by atoms with Crippen LogP contribution in [-0.4, -0.2) is 45.9 Å². The molecule has 2 fully saturated rings. The molecule has 2 unspecified atom stereocenters. The van der Waals surface area contributed by atoms with Crippen molar-refractivity contribution in [2.75, 3.05) is 7.05 Å². The van der Waals surface area contributed by atoms with Gasteiger partial charge >= 0.3 is 5.69 Å². The van der Waals surface area contributed by atoms with Crippen LogP contribution in [0.1, 0.15) is 36.0 Å². The molecule has 7 nitrogen and oxygen atoms in total. The molecule has 1 aromatic rings. The van der Waals surface area contributed by atoms with Crippen LogP contribution in [0.5, 0.6) is 0 Å². The predicted octanol–water partition coefficient (Wildman–Crippen LogP) is -0.582. The summed E-state index contributed by atoms with van der Waals surface area (Å²) < 4.78 is 0. The number of hydrogen-bond donors (Lipinski definition) is 3. The predicted molar refractivity (Wildman–Crippen MR) is 72.7 cm³/mol.